The topological polar surface area (TPSA) is 95.5 Å². The number of halogens is 1. The Hall–Kier alpha value is -0.860. The van der Waals surface area contributed by atoms with Crippen LogP contribution >= 0.6 is 22.6 Å². The lowest BCUT2D eigenvalue weighted by atomic mass is 9.81. The van der Waals surface area contributed by atoms with Crippen molar-refractivity contribution < 1.29 is 19.5 Å². The summed E-state index contributed by atoms with van der Waals surface area (Å²) < 4.78 is -0.258. The normalized spacial score (nSPS) is 25.8. The van der Waals surface area contributed by atoms with Gasteiger partial charge < -0.3 is 15.7 Å². The van der Waals surface area contributed by atoms with Crippen LogP contribution in [0, 0.1) is 17.8 Å². The molecule has 0 bridgehead atoms. The van der Waals surface area contributed by atoms with Gasteiger partial charge in [-0.3, -0.25) is 14.4 Å². The van der Waals surface area contributed by atoms with Gasteiger partial charge in [0.25, 0.3) is 3.91 Å². The zero-order chi connectivity index (χ0) is 16.9. The second-order valence-corrected chi connectivity index (χ2v) is 6.91. The Morgan fingerprint density at radius 3 is 2.23 bits per heavy atom. The van der Waals surface area contributed by atoms with Gasteiger partial charge in [0.05, 0.1) is 5.92 Å². The molecule has 22 heavy (non-hydrogen) atoms. The van der Waals surface area contributed by atoms with Crippen LogP contribution in [0.5, 0.6) is 0 Å². The van der Waals surface area contributed by atoms with Gasteiger partial charge >= 0.3 is 5.97 Å². The number of carboxylic acid groups (broad SMARTS) is 1. The molecule has 0 radical (unpaired) electrons. The molecule has 0 aromatic rings. The van der Waals surface area contributed by atoms with E-state index in [2.05, 4.69) is 24.5 Å². The lowest BCUT2D eigenvalue weighted by molar-refractivity contribution is -0.142. The molecular formula is C15H25IN2O4. The van der Waals surface area contributed by atoms with Gasteiger partial charge in [-0.15, -0.1) is 0 Å². The summed E-state index contributed by atoms with van der Waals surface area (Å²) in [7, 11) is 0. The van der Waals surface area contributed by atoms with Crippen LogP contribution in [0.3, 0.4) is 0 Å². The minimum absolute atomic E-state index is 0.0476. The average molecular weight is 424 g/mol. The van der Waals surface area contributed by atoms with Gasteiger partial charge in [-0.1, -0.05) is 26.7 Å². The SMILES string of the molecule is CCC(CC)[C@@H](NC(C)=O)[C@H]1CC[C@H](C(=O)O)[C@H]1NC(=O)I. The standard InChI is InChI=1S/C15H25IN2O4/c1-4-9(5-2)12(17-8(3)19)10-6-7-11(14(20)21)13(10)18-15(16)22/h9-13H,4-7H2,1-3H3,(H,17,19)(H,18,22)(H,20,21)/t10-,11+,12-,13+/m1/s1. The highest BCUT2D eigenvalue weighted by molar-refractivity contribution is 14.1. The Morgan fingerprint density at radius 1 is 1.23 bits per heavy atom. The molecule has 126 valence electrons. The summed E-state index contributed by atoms with van der Waals surface area (Å²) in [6, 6.07) is -0.538. The minimum atomic E-state index is -0.885. The number of rotatable bonds is 7. The fraction of sp³-hybridized carbons (Fsp3) is 0.800. The van der Waals surface area contributed by atoms with E-state index in [0.717, 1.165) is 12.8 Å². The number of hydrogen-bond donors (Lipinski definition) is 3. The summed E-state index contributed by atoms with van der Waals surface area (Å²) in [5.74, 6) is -1.36. The first-order valence-electron chi connectivity index (χ1n) is 7.77. The molecule has 0 heterocycles. The van der Waals surface area contributed by atoms with Crippen LogP contribution in [0.1, 0.15) is 46.5 Å². The van der Waals surface area contributed by atoms with E-state index in [9.17, 15) is 19.5 Å². The van der Waals surface area contributed by atoms with E-state index in [-0.39, 0.29) is 27.7 Å². The third-order valence-corrected chi connectivity index (χ3v) is 5.00. The number of aliphatic carboxylic acids is 1. The molecule has 4 atom stereocenters. The molecular weight excluding hydrogens is 399 g/mol. The van der Waals surface area contributed by atoms with Gasteiger partial charge in [0, 0.05) is 47.5 Å². The van der Waals surface area contributed by atoms with Gasteiger partial charge in [-0.25, -0.2) is 0 Å². The summed E-state index contributed by atoms with van der Waals surface area (Å²) in [4.78, 5) is 34.5. The van der Waals surface area contributed by atoms with Gasteiger partial charge in [0.1, 0.15) is 0 Å². The van der Waals surface area contributed by atoms with Crippen molar-refractivity contribution in [3.05, 3.63) is 0 Å². The molecule has 0 aliphatic heterocycles. The van der Waals surface area contributed by atoms with E-state index in [1.807, 2.05) is 0 Å². The maximum Gasteiger partial charge on any atom is 0.308 e. The Kier molecular flexibility index (Phi) is 7.58. The molecule has 7 heteroatoms. The lowest BCUT2D eigenvalue weighted by Crippen LogP contribution is -2.52. The Labute approximate surface area is 144 Å². The number of carbonyl (C=O) groups is 3. The minimum Gasteiger partial charge on any atom is -0.481 e. The molecule has 1 fully saturated rings. The van der Waals surface area contributed by atoms with Crippen molar-refractivity contribution in [1.29, 1.82) is 0 Å². The molecule has 1 saturated carbocycles. The van der Waals surface area contributed by atoms with Crippen molar-refractivity contribution in [3.8, 4) is 0 Å². The van der Waals surface area contributed by atoms with Crippen LogP contribution in [0.4, 0.5) is 4.79 Å². The van der Waals surface area contributed by atoms with Crippen LogP contribution in [-0.2, 0) is 9.59 Å². The summed E-state index contributed by atoms with van der Waals surface area (Å²) in [5, 5.41) is 15.2. The molecule has 6 nitrogen and oxygen atoms in total. The summed E-state index contributed by atoms with van der Waals surface area (Å²) in [6.07, 6.45) is 3.03. The highest BCUT2D eigenvalue weighted by atomic mass is 127. The van der Waals surface area contributed by atoms with Crippen molar-refractivity contribution in [3.63, 3.8) is 0 Å². The Bertz CT molecular complexity index is 426. The Morgan fingerprint density at radius 2 is 1.82 bits per heavy atom. The van der Waals surface area contributed by atoms with E-state index in [0.29, 0.717) is 12.8 Å². The van der Waals surface area contributed by atoms with Gasteiger partial charge in [0.15, 0.2) is 0 Å². The van der Waals surface area contributed by atoms with Crippen molar-refractivity contribution >= 4 is 38.4 Å². The van der Waals surface area contributed by atoms with Gasteiger partial charge in [0.2, 0.25) is 5.91 Å². The van der Waals surface area contributed by atoms with Crippen LogP contribution in [-0.4, -0.2) is 33.0 Å². The molecule has 0 unspecified atom stereocenters. The van der Waals surface area contributed by atoms with E-state index < -0.39 is 17.9 Å². The van der Waals surface area contributed by atoms with Crippen LogP contribution in [0.2, 0.25) is 0 Å². The Balaban J connectivity index is 3.06. The molecule has 3 N–H and O–H groups in total. The molecule has 0 aromatic heterocycles. The van der Waals surface area contributed by atoms with Crippen LogP contribution in [0.25, 0.3) is 0 Å². The fourth-order valence-corrected chi connectivity index (χ4v) is 4.01. The van der Waals surface area contributed by atoms with Crippen LogP contribution in [0.15, 0.2) is 0 Å². The highest BCUT2D eigenvalue weighted by Crippen LogP contribution is 2.37. The van der Waals surface area contributed by atoms with Crippen LogP contribution < -0.4 is 10.6 Å². The van der Waals surface area contributed by atoms with E-state index in [4.69, 9.17) is 0 Å². The zero-order valence-corrected chi connectivity index (χ0v) is 15.4. The maximum atomic E-state index is 11.6. The maximum absolute atomic E-state index is 11.6. The first-order valence-corrected chi connectivity index (χ1v) is 8.85. The highest BCUT2D eigenvalue weighted by Gasteiger charge is 2.46. The van der Waals surface area contributed by atoms with E-state index >= 15 is 0 Å². The quantitative estimate of drug-likeness (QED) is 0.333. The van der Waals surface area contributed by atoms with Crippen molar-refractivity contribution in [2.45, 2.75) is 58.5 Å². The van der Waals surface area contributed by atoms with E-state index in [1.165, 1.54) is 6.92 Å². The second-order valence-electron chi connectivity index (χ2n) is 5.93. The lowest BCUT2D eigenvalue weighted by Gasteiger charge is -2.35. The molecule has 1 rings (SSSR count). The fourth-order valence-electron chi connectivity index (χ4n) is 3.65. The van der Waals surface area contributed by atoms with Crippen molar-refractivity contribution in [2.75, 3.05) is 0 Å². The molecule has 0 aromatic carbocycles. The number of carboxylic acids is 1. The predicted molar refractivity (Wildman–Crippen MR) is 91.9 cm³/mol. The second kappa shape index (κ2) is 8.69. The summed E-state index contributed by atoms with van der Waals surface area (Å²) in [6.45, 7) is 5.61. The summed E-state index contributed by atoms with van der Waals surface area (Å²) >= 11 is 1.63. The number of amides is 2. The zero-order valence-electron chi connectivity index (χ0n) is 13.3. The first-order chi connectivity index (χ1) is 10.3. The monoisotopic (exact) mass is 424 g/mol. The number of nitrogens with one attached hydrogen (secondary N) is 2. The number of carbonyl (C=O) groups excluding carboxylic acids is 2. The molecule has 1 aliphatic rings. The van der Waals surface area contributed by atoms with Crippen molar-refractivity contribution in [2.24, 2.45) is 17.8 Å². The third kappa shape index (κ3) is 4.82. The molecule has 2 amide bonds. The van der Waals surface area contributed by atoms with E-state index in [1.54, 1.807) is 22.6 Å². The van der Waals surface area contributed by atoms with Gasteiger partial charge in [-0.05, 0) is 18.8 Å². The molecule has 0 saturated heterocycles. The van der Waals surface area contributed by atoms with Crippen molar-refractivity contribution in [1.82, 2.24) is 10.6 Å². The summed E-state index contributed by atoms with van der Waals surface area (Å²) in [5.41, 5.74) is 0. The van der Waals surface area contributed by atoms with Gasteiger partial charge in [-0.2, -0.15) is 0 Å². The smallest absolute Gasteiger partial charge is 0.308 e. The predicted octanol–water partition coefficient (Wildman–Crippen LogP) is 2.55. The number of hydrogen-bond acceptors (Lipinski definition) is 3. The first kappa shape index (κ1) is 19.2. The average Bonchev–Trinajstić information content (AvgIpc) is 2.81. The molecule has 0 spiro atoms. The molecule has 1 aliphatic carbocycles. The largest absolute Gasteiger partial charge is 0.481 e. The third-order valence-electron chi connectivity index (χ3n) is 4.69.